The third kappa shape index (κ3) is 4.04. The van der Waals surface area contributed by atoms with Gasteiger partial charge >= 0.3 is 12.0 Å². The largest absolute Gasteiger partial charge is 0.478 e. The lowest BCUT2D eigenvalue weighted by Gasteiger charge is -2.26. The maximum absolute atomic E-state index is 13.1. The third-order valence-electron chi connectivity index (χ3n) is 5.31. The lowest BCUT2D eigenvalue weighted by atomic mass is 10.1. The van der Waals surface area contributed by atoms with Crippen LogP contribution in [0.1, 0.15) is 27.3 Å². The topological polar surface area (TPSA) is 109 Å². The molecule has 4 amide bonds. The highest BCUT2D eigenvalue weighted by Crippen LogP contribution is 2.27. The number of carboxylic acids is 1. The number of carbonyl (C=O) groups is 4. The molecule has 8 nitrogen and oxygen atoms in total. The fraction of sp³-hybridized carbons (Fsp3) is 0.0833. The van der Waals surface area contributed by atoms with Gasteiger partial charge in [-0.25, -0.2) is 14.5 Å². The number of aryl methyl sites for hydroxylation is 1. The highest BCUT2D eigenvalue weighted by atomic mass is 35.5. The Labute approximate surface area is 193 Å². The molecule has 2 heterocycles. The van der Waals surface area contributed by atoms with Gasteiger partial charge in [-0.05, 0) is 74.0 Å². The minimum Gasteiger partial charge on any atom is -0.478 e. The molecule has 3 aromatic rings. The highest BCUT2D eigenvalue weighted by molar-refractivity contribution is 6.39. The predicted molar refractivity (Wildman–Crippen MR) is 123 cm³/mol. The molecule has 4 rings (SSSR count). The summed E-state index contributed by atoms with van der Waals surface area (Å²) >= 11 is 5.89. The molecule has 0 atom stereocenters. The molecule has 1 aromatic heterocycles. The number of halogens is 1. The number of nitrogens with one attached hydrogen (secondary N) is 1. The molecule has 1 aliphatic heterocycles. The van der Waals surface area contributed by atoms with Gasteiger partial charge in [-0.15, -0.1) is 0 Å². The minimum atomic E-state index is -1.04. The van der Waals surface area contributed by atoms with E-state index in [0.717, 1.165) is 10.6 Å². The number of carbonyl (C=O) groups excluding carboxylic acids is 3. The van der Waals surface area contributed by atoms with Crippen LogP contribution in [0.25, 0.3) is 11.8 Å². The van der Waals surface area contributed by atoms with Crippen molar-refractivity contribution in [2.45, 2.75) is 13.8 Å². The zero-order valence-electron chi connectivity index (χ0n) is 17.6. The number of imide groups is 2. The molecule has 2 aromatic carbocycles. The van der Waals surface area contributed by atoms with Crippen LogP contribution in [0.3, 0.4) is 0 Å². The van der Waals surface area contributed by atoms with Crippen LogP contribution < -0.4 is 10.2 Å². The summed E-state index contributed by atoms with van der Waals surface area (Å²) in [5.74, 6) is -2.60. The molecule has 9 heteroatoms. The van der Waals surface area contributed by atoms with Crippen molar-refractivity contribution in [3.05, 3.63) is 87.7 Å². The normalized spacial score (nSPS) is 15.2. The van der Waals surface area contributed by atoms with Gasteiger partial charge in [0, 0.05) is 22.1 Å². The first-order valence-electron chi connectivity index (χ1n) is 9.87. The molecule has 1 aliphatic rings. The summed E-state index contributed by atoms with van der Waals surface area (Å²) in [5, 5.41) is 11.9. The van der Waals surface area contributed by atoms with E-state index in [2.05, 4.69) is 5.32 Å². The fourth-order valence-electron chi connectivity index (χ4n) is 3.75. The monoisotopic (exact) mass is 463 g/mol. The Morgan fingerprint density at radius 3 is 2.36 bits per heavy atom. The molecule has 166 valence electrons. The van der Waals surface area contributed by atoms with Gasteiger partial charge in [0.1, 0.15) is 5.57 Å². The molecule has 0 saturated carbocycles. The van der Waals surface area contributed by atoms with Gasteiger partial charge in [0.25, 0.3) is 11.8 Å². The smallest absolute Gasteiger partial charge is 0.335 e. The third-order valence-corrected chi connectivity index (χ3v) is 5.56. The second kappa shape index (κ2) is 8.40. The van der Waals surface area contributed by atoms with Gasteiger partial charge in [0.2, 0.25) is 0 Å². The molecule has 33 heavy (non-hydrogen) atoms. The SMILES string of the molecule is Cc1cc(C=C2C(=O)NC(=O)N(c3ccc(Cl)cc3)C2=O)c(C)n1-c1cccc(C(=O)O)c1. The maximum Gasteiger partial charge on any atom is 0.335 e. The average Bonchev–Trinajstić information content (AvgIpc) is 3.05. The average molecular weight is 464 g/mol. The second-order valence-electron chi connectivity index (χ2n) is 7.45. The van der Waals surface area contributed by atoms with Crippen LogP contribution in [-0.4, -0.2) is 33.5 Å². The van der Waals surface area contributed by atoms with Crippen LogP contribution in [0.15, 0.2) is 60.2 Å². The van der Waals surface area contributed by atoms with E-state index in [-0.39, 0.29) is 16.8 Å². The summed E-state index contributed by atoms with van der Waals surface area (Å²) in [6.07, 6.45) is 1.42. The number of urea groups is 1. The number of amides is 4. The fourth-order valence-corrected chi connectivity index (χ4v) is 3.87. The molecule has 0 radical (unpaired) electrons. The molecule has 2 N–H and O–H groups in total. The van der Waals surface area contributed by atoms with Gasteiger partial charge in [-0.3, -0.25) is 14.9 Å². The number of aromatic carboxylic acids is 1. The first-order valence-corrected chi connectivity index (χ1v) is 10.2. The molecular formula is C24H18ClN3O5. The van der Waals surface area contributed by atoms with Crippen molar-refractivity contribution in [2.24, 2.45) is 0 Å². The number of aromatic nitrogens is 1. The summed E-state index contributed by atoms with van der Waals surface area (Å²) < 4.78 is 1.83. The van der Waals surface area contributed by atoms with Crippen molar-refractivity contribution >= 4 is 47.2 Å². The van der Waals surface area contributed by atoms with E-state index in [1.54, 1.807) is 31.2 Å². The predicted octanol–water partition coefficient (Wildman–Crippen LogP) is 4.11. The van der Waals surface area contributed by atoms with E-state index in [0.29, 0.717) is 22.0 Å². The zero-order chi connectivity index (χ0) is 23.9. The van der Waals surface area contributed by atoms with Crippen LogP contribution in [0.5, 0.6) is 0 Å². The number of hydrogen-bond donors (Lipinski definition) is 2. The van der Waals surface area contributed by atoms with E-state index in [4.69, 9.17) is 11.6 Å². The Kier molecular flexibility index (Phi) is 5.61. The van der Waals surface area contributed by atoms with Crippen molar-refractivity contribution in [3.63, 3.8) is 0 Å². The van der Waals surface area contributed by atoms with Crippen LogP contribution >= 0.6 is 11.6 Å². The van der Waals surface area contributed by atoms with Gasteiger partial charge in [-0.1, -0.05) is 17.7 Å². The number of hydrogen-bond acceptors (Lipinski definition) is 4. The molecule has 0 bridgehead atoms. The first-order chi connectivity index (χ1) is 15.7. The summed E-state index contributed by atoms with van der Waals surface area (Å²) in [6, 6.07) is 13.5. The van der Waals surface area contributed by atoms with Crippen LogP contribution in [0.2, 0.25) is 5.02 Å². The van der Waals surface area contributed by atoms with Crippen molar-refractivity contribution in [3.8, 4) is 5.69 Å². The van der Waals surface area contributed by atoms with Crippen molar-refractivity contribution in [1.82, 2.24) is 9.88 Å². The second-order valence-corrected chi connectivity index (χ2v) is 7.89. The Bertz CT molecular complexity index is 1350. The van der Waals surface area contributed by atoms with E-state index in [9.17, 15) is 24.3 Å². The number of carboxylic acid groups (broad SMARTS) is 1. The number of barbiturate groups is 1. The molecule has 1 saturated heterocycles. The Morgan fingerprint density at radius 1 is 1.00 bits per heavy atom. The summed E-state index contributed by atoms with van der Waals surface area (Å²) in [5.41, 5.74) is 2.89. The van der Waals surface area contributed by atoms with Gasteiger partial charge in [-0.2, -0.15) is 0 Å². The van der Waals surface area contributed by atoms with E-state index in [1.165, 1.54) is 36.4 Å². The Hall–Kier alpha value is -4.17. The summed E-state index contributed by atoms with van der Waals surface area (Å²) in [7, 11) is 0. The maximum atomic E-state index is 13.1. The number of rotatable bonds is 4. The Balaban J connectivity index is 1.76. The minimum absolute atomic E-state index is 0.138. The zero-order valence-corrected chi connectivity index (χ0v) is 18.4. The quantitative estimate of drug-likeness (QED) is 0.447. The van der Waals surface area contributed by atoms with Crippen LogP contribution in [0, 0.1) is 13.8 Å². The molecule has 0 unspecified atom stereocenters. The van der Waals surface area contributed by atoms with Gasteiger partial charge < -0.3 is 9.67 Å². The Morgan fingerprint density at radius 2 is 1.70 bits per heavy atom. The summed E-state index contributed by atoms with van der Waals surface area (Å²) in [6.45, 7) is 3.62. The van der Waals surface area contributed by atoms with Crippen LogP contribution in [-0.2, 0) is 9.59 Å². The molecule has 0 aliphatic carbocycles. The van der Waals surface area contributed by atoms with Crippen molar-refractivity contribution in [2.75, 3.05) is 4.90 Å². The number of nitrogens with zero attached hydrogens (tertiary/aromatic N) is 2. The number of anilines is 1. The lowest BCUT2D eigenvalue weighted by molar-refractivity contribution is -0.122. The lowest BCUT2D eigenvalue weighted by Crippen LogP contribution is -2.54. The molecule has 1 fully saturated rings. The highest BCUT2D eigenvalue weighted by Gasteiger charge is 2.37. The summed E-state index contributed by atoms with van der Waals surface area (Å²) in [4.78, 5) is 50.2. The number of benzene rings is 2. The van der Waals surface area contributed by atoms with Crippen LogP contribution in [0.4, 0.5) is 10.5 Å². The molecule has 0 spiro atoms. The standard InChI is InChI=1S/C24H18ClN3O5/c1-13-10-16(14(2)27(13)19-5-3-4-15(11-19)23(31)32)12-20-21(29)26-24(33)28(22(20)30)18-8-6-17(25)7-9-18/h3-12H,1-2H3,(H,31,32)(H,26,29,33). The van der Waals surface area contributed by atoms with E-state index >= 15 is 0 Å². The van der Waals surface area contributed by atoms with Gasteiger partial charge in [0.05, 0.1) is 11.3 Å². The van der Waals surface area contributed by atoms with Crippen molar-refractivity contribution < 1.29 is 24.3 Å². The first kappa shape index (κ1) is 22.0. The van der Waals surface area contributed by atoms with Gasteiger partial charge in [0.15, 0.2) is 0 Å². The van der Waals surface area contributed by atoms with E-state index < -0.39 is 23.8 Å². The van der Waals surface area contributed by atoms with E-state index in [1.807, 2.05) is 11.5 Å². The molecular weight excluding hydrogens is 446 g/mol. The van der Waals surface area contributed by atoms with Crippen molar-refractivity contribution in [1.29, 1.82) is 0 Å².